The molecule has 1 N–H and O–H groups in total. The van der Waals surface area contributed by atoms with Crippen molar-refractivity contribution in [3.05, 3.63) is 54.3 Å². The van der Waals surface area contributed by atoms with E-state index in [2.05, 4.69) is 10.5 Å². The summed E-state index contributed by atoms with van der Waals surface area (Å²) in [6.07, 6.45) is 0. The molecule has 0 unspecified atom stereocenters. The molecule has 130 valence electrons. The number of carbonyl (C=O) groups is 1. The lowest BCUT2D eigenvalue weighted by atomic mass is 10.1. The highest BCUT2D eigenvalue weighted by molar-refractivity contribution is 7.89. The quantitative estimate of drug-likeness (QED) is 0.755. The molecule has 3 aromatic rings. The van der Waals surface area contributed by atoms with Gasteiger partial charge in [0.05, 0.1) is 11.4 Å². The number of anilines is 1. The van der Waals surface area contributed by atoms with Crippen LogP contribution in [0.2, 0.25) is 0 Å². The lowest BCUT2D eigenvalue weighted by molar-refractivity contribution is -0.116. The van der Waals surface area contributed by atoms with E-state index in [0.29, 0.717) is 5.76 Å². The first-order chi connectivity index (χ1) is 11.9. The van der Waals surface area contributed by atoms with Crippen molar-refractivity contribution in [2.45, 2.75) is 11.8 Å². The zero-order chi connectivity index (χ0) is 18.0. The molecule has 0 aliphatic rings. The second kappa shape index (κ2) is 6.66. The van der Waals surface area contributed by atoms with Gasteiger partial charge < -0.3 is 9.84 Å². The molecule has 3 rings (SSSR count). The maximum absolute atomic E-state index is 12.7. The van der Waals surface area contributed by atoms with Crippen molar-refractivity contribution in [1.82, 2.24) is 9.46 Å². The number of aryl methyl sites for hydroxylation is 1. The van der Waals surface area contributed by atoms with E-state index in [1.165, 1.54) is 13.1 Å². The number of likely N-dealkylation sites (N-methyl/N-ethyl adjacent to an activating group) is 1. The van der Waals surface area contributed by atoms with E-state index in [0.717, 1.165) is 15.1 Å². The smallest absolute Gasteiger partial charge is 0.243 e. The second-order valence-corrected chi connectivity index (χ2v) is 7.69. The molecule has 1 amide bonds. The van der Waals surface area contributed by atoms with Crippen LogP contribution in [-0.4, -0.2) is 37.4 Å². The molecule has 0 aliphatic heterocycles. The summed E-state index contributed by atoms with van der Waals surface area (Å²) < 4.78 is 31.2. The molecule has 0 saturated carbocycles. The first-order valence-corrected chi connectivity index (χ1v) is 8.98. The number of nitrogens with zero attached hydrogens (tertiary/aromatic N) is 2. The third-order valence-corrected chi connectivity index (χ3v) is 5.49. The second-order valence-electron chi connectivity index (χ2n) is 5.64. The van der Waals surface area contributed by atoms with Crippen LogP contribution in [0.25, 0.3) is 10.8 Å². The summed E-state index contributed by atoms with van der Waals surface area (Å²) in [5.74, 6) is 0.298. The van der Waals surface area contributed by atoms with Gasteiger partial charge in [-0.2, -0.15) is 4.31 Å². The minimum Gasteiger partial charge on any atom is -0.360 e. The molecule has 25 heavy (non-hydrogen) atoms. The fourth-order valence-corrected chi connectivity index (χ4v) is 3.57. The normalized spacial score (nSPS) is 11.8. The number of fused-ring (bicyclic) bond motifs is 1. The minimum absolute atomic E-state index is 0.138. The Bertz CT molecular complexity index is 1030. The molecule has 2 aromatic carbocycles. The highest BCUT2D eigenvalue weighted by atomic mass is 32.2. The van der Waals surface area contributed by atoms with Crippen molar-refractivity contribution in [1.29, 1.82) is 0 Å². The van der Waals surface area contributed by atoms with Crippen molar-refractivity contribution < 1.29 is 17.7 Å². The summed E-state index contributed by atoms with van der Waals surface area (Å²) in [6, 6.07) is 13.9. The molecular formula is C17H17N3O4S. The molecule has 0 saturated heterocycles. The SMILES string of the molecule is Cc1cc(NC(=O)CN(C)S(=O)(=O)c2ccc3ccccc3c2)no1. The summed E-state index contributed by atoms with van der Waals surface area (Å²) in [7, 11) is -2.42. The number of nitrogens with one attached hydrogen (secondary N) is 1. The van der Waals surface area contributed by atoms with Gasteiger partial charge in [0.25, 0.3) is 0 Å². The fraction of sp³-hybridized carbons (Fsp3) is 0.176. The summed E-state index contributed by atoms with van der Waals surface area (Å²) >= 11 is 0. The maximum atomic E-state index is 12.7. The van der Waals surface area contributed by atoms with Crippen LogP contribution < -0.4 is 5.32 Å². The van der Waals surface area contributed by atoms with Gasteiger partial charge in [0.2, 0.25) is 15.9 Å². The first-order valence-electron chi connectivity index (χ1n) is 7.54. The van der Waals surface area contributed by atoms with Gasteiger partial charge in [-0.05, 0) is 29.8 Å². The Labute approximate surface area is 145 Å². The molecule has 0 fully saturated rings. The van der Waals surface area contributed by atoms with Crippen LogP contribution in [0, 0.1) is 6.92 Å². The molecule has 1 heterocycles. The van der Waals surface area contributed by atoms with Gasteiger partial charge in [0.15, 0.2) is 5.82 Å². The van der Waals surface area contributed by atoms with E-state index in [9.17, 15) is 13.2 Å². The minimum atomic E-state index is -3.78. The van der Waals surface area contributed by atoms with Gasteiger partial charge in [0.1, 0.15) is 5.76 Å². The van der Waals surface area contributed by atoms with Crippen molar-refractivity contribution in [3.8, 4) is 0 Å². The van der Waals surface area contributed by atoms with Crippen molar-refractivity contribution in [2.24, 2.45) is 0 Å². The van der Waals surface area contributed by atoms with Gasteiger partial charge in [-0.15, -0.1) is 0 Å². The number of rotatable bonds is 5. The van der Waals surface area contributed by atoms with Crippen molar-refractivity contribution in [3.63, 3.8) is 0 Å². The number of hydrogen-bond donors (Lipinski definition) is 1. The highest BCUT2D eigenvalue weighted by Crippen LogP contribution is 2.21. The molecule has 1 aromatic heterocycles. The van der Waals surface area contributed by atoms with Crippen LogP contribution in [0.4, 0.5) is 5.82 Å². The van der Waals surface area contributed by atoms with E-state index in [1.807, 2.05) is 24.3 Å². The number of sulfonamides is 1. The van der Waals surface area contributed by atoms with E-state index < -0.39 is 15.9 Å². The largest absolute Gasteiger partial charge is 0.360 e. The number of amides is 1. The molecule has 8 heteroatoms. The van der Waals surface area contributed by atoms with Crippen LogP contribution >= 0.6 is 0 Å². The fourth-order valence-electron chi connectivity index (χ4n) is 2.40. The van der Waals surface area contributed by atoms with Gasteiger partial charge in [-0.3, -0.25) is 4.79 Å². The van der Waals surface area contributed by atoms with Gasteiger partial charge in [-0.1, -0.05) is 35.5 Å². The topological polar surface area (TPSA) is 92.5 Å². The molecule has 7 nitrogen and oxygen atoms in total. The maximum Gasteiger partial charge on any atom is 0.243 e. The van der Waals surface area contributed by atoms with Crippen LogP contribution in [0.15, 0.2) is 57.9 Å². The van der Waals surface area contributed by atoms with Crippen LogP contribution in [0.1, 0.15) is 5.76 Å². The summed E-state index contributed by atoms with van der Waals surface area (Å²) in [5.41, 5.74) is 0. The van der Waals surface area contributed by atoms with E-state index >= 15 is 0 Å². The molecular weight excluding hydrogens is 342 g/mol. The Balaban J connectivity index is 1.76. The Morgan fingerprint density at radius 3 is 2.56 bits per heavy atom. The van der Waals surface area contributed by atoms with E-state index in [1.54, 1.807) is 25.1 Å². The third-order valence-electron chi connectivity index (χ3n) is 3.69. The Morgan fingerprint density at radius 2 is 1.88 bits per heavy atom. The predicted octanol–water partition coefficient (Wildman–Crippen LogP) is 2.40. The Hall–Kier alpha value is -2.71. The van der Waals surface area contributed by atoms with Crippen LogP contribution in [-0.2, 0) is 14.8 Å². The number of aromatic nitrogens is 1. The van der Waals surface area contributed by atoms with E-state index in [4.69, 9.17) is 4.52 Å². The van der Waals surface area contributed by atoms with Crippen LogP contribution in [0.5, 0.6) is 0 Å². The first kappa shape index (κ1) is 17.1. The molecule has 0 atom stereocenters. The average molecular weight is 359 g/mol. The Kier molecular flexibility index (Phi) is 4.56. The Morgan fingerprint density at radius 1 is 1.16 bits per heavy atom. The number of carbonyl (C=O) groups excluding carboxylic acids is 1. The third kappa shape index (κ3) is 3.70. The molecule has 0 aliphatic carbocycles. The number of benzene rings is 2. The van der Waals surface area contributed by atoms with Crippen LogP contribution in [0.3, 0.4) is 0 Å². The average Bonchev–Trinajstić information content (AvgIpc) is 2.98. The summed E-state index contributed by atoms with van der Waals surface area (Å²) in [6.45, 7) is 1.36. The van der Waals surface area contributed by atoms with E-state index in [-0.39, 0.29) is 17.3 Å². The number of hydrogen-bond acceptors (Lipinski definition) is 5. The van der Waals surface area contributed by atoms with Crippen molar-refractivity contribution >= 4 is 32.5 Å². The van der Waals surface area contributed by atoms with Gasteiger partial charge in [-0.25, -0.2) is 8.42 Å². The molecule has 0 bridgehead atoms. The zero-order valence-electron chi connectivity index (χ0n) is 13.8. The predicted molar refractivity (Wildman–Crippen MR) is 93.6 cm³/mol. The highest BCUT2D eigenvalue weighted by Gasteiger charge is 2.23. The summed E-state index contributed by atoms with van der Waals surface area (Å²) in [4.78, 5) is 12.2. The van der Waals surface area contributed by atoms with Gasteiger partial charge >= 0.3 is 0 Å². The zero-order valence-corrected chi connectivity index (χ0v) is 14.6. The van der Waals surface area contributed by atoms with Gasteiger partial charge in [0, 0.05) is 13.1 Å². The molecule has 0 radical (unpaired) electrons. The lowest BCUT2D eigenvalue weighted by Gasteiger charge is -2.16. The van der Waals surface area contributed by atoms with Crippen molar-refractivity contribution in [2.75, 3.05) is 18.9 Å². The monoisotopic (exact) mass is 359 g/mol. The standard InChI is InChI=1S/C17H17N3O4S/c1-12-9-16(19-24-12)18-17(21)11-20(2)25(22,23)15-8-7-13-5-3-4-6-14(13)10-15/h3-10H,11H2,1-2H3,(H,18,19,21). The molecule has 0 spiro atoms. The summed E-state index contributed by atoms with van der Waals surface area (Å²) in [5, 5.41) is 7.91. The lowest BCUT2D eigenvalue weighted by Crippen LogP contribution is -2.35.